The molecule has 1 aliphatic heterocycles. The maximum absolute atomic E-state index is 13.3. The third kappa shape index (κ3) is 7.31. The van der Waals surface area contributed by atoms with Crippen LogP contribution in [0.15, 0.2) is 30.5 Å². The number of methoxy groups -OCH3 is 2. The molecule has 1 fully saturated rings. The number of benzene rings is 1. The average Bonchev–Trinajstić information content (AvgIpc) is 3.53. The van der Waals surface area contributed by atoms with E-state index in [1.807, 2.05) is 52.0 Å². The number of nitrogens with zero attached hydrogens (tertiary/aromatic N) is 4. The predicted molar refractivity (Wildman–Crippen MR) is 140 cm³/mol. The molecule has 0 unspecified atom stereocenters. The molecule has 4 atom stereocenters. The fraction of sp³-hybridized carbons (Fsp3) is 0.593. The van der Waals surface area contributed by atoms with Crippen molar-refractivity contribution in [1.29, 1.82) is 0 Å². The van der Waals surface area contributed by atoms with Gasteiger partial charge in [-0.25, -0.2) is 14.3 Å². The van der Waals surface area contributed by atoms with Gasteiger partial charge in [0.2, 0.25) is 5.91 Å². The molecule has 1 aromatic heterocycles. The first-order valence-corrected chi connectivity index (χ1v) is 12.8. The molecule has 38 heavy (non-hydrogen) atoms. The van der Waals surface area contributed by atoms with E-state index in [9.17, 15) is 14.4 Å². The second-order valence-corrected chi connectivity index (χ2v) is 10.6. The molecule has 2 amide bonds. The van der Waals surface area contributed by atoms with Crippen molar-refractivity contribution in [2.75, 3.05) is 20.8 Å². The molecule has 0 spiro atoms. The number of esters is 1. The summed E-state index contributed by atoms with van der Waals surface area (Å²) < 4.78 is 17.7. The Morgan fingerprint density at radius 3 is 2.45 bits per heavy atom. The van der Waals surface area contributed by atoms with Crippen molar-refractivity contribution in [3.05, 3.63) is 36.0 Å². The highest BCUT2D eigenvalue weighted by Gasteiger charge is 2.42. The topological polar surface area (TPSA) is 125 Å². The van der Waals surface area contributed by atoms with Crippen LogP contribution < -0.4 is 5.32 Å². The number of likely N-dealkylation sites (tertiary alicyclic amines) is 1. The molecule has 0 saturated carbocycles. The van der Waals surface area contributed by atoms with Crippen LogP contribution in [0, 0.1) is 12.8 Å². The average molecular weight is 530 g/mol. The third-order valence-electron chi connectivity index (χ3n) is 6.54. The highest BCUT2D eigenvalue weighted by Crippen LogP contribution is 2.28. The van der Waals surface area contributed by atoms with Crippen LogP contribution in [-0.4, -0.2) is 82.4 Å². The van der Waals surface area contributed by atoms with Crippen molar-refractivity contribution in [2.45, 2.75) is 77.8 Å². The lowest BCUT2D eigenvalue weighted by Gasteiger charge is -2.35. The summed E-state index contributed by atoms with van der Waals surface area (Å²) in [5.74, 6) is -1.68. The molecular formula is C27H39N5O6. The quantitative estimate of drug-likeness (QED) is 0.492. The van der Waals surface area contributed by atoms with Gasteiger partial charge in [0.15, 0.2) is 0 Å². The van der Waals surface area contributed by atoms with Crippen LogP contribution in [0.5, 0.6) is 0 Å². The standard InChI is InChI=1S/C27H39N5O6/c1-17-10-12-19(13-11-17)20-15-31(30-29-20)16-21(25(34)37-7)28-24(33)18(2)23(36-6)22-9-8-14-32(22)26(35)38-27(3,4)5/h10-13,15,18,21-23H,8-9,14,16H2,1-7H3,(H,28,33)/t18-,21+,22+,23-/m1/s1. The predicted octanol–water partition coefficient (Wildman–Crippen LogP) is 2.96. The largest absolute Gasteiger partial charge is 0.467 e. The lowest BCUT2D eigenvalue weighted by molar-refractivity contribution is -0.147. The first-order valence-electron chi connectivity index (χ1n) is 12.8. The molecule has 1 aromatic carbocycles. The van der Waals surface area contributed by atoms with E-state index in [0.29, 0.717) is 18.7 Å². The van der Waals surface area contributed by atoms with Crippen molar-refractivity contribution < 1.29 is 28.6 Å². The summed E-state index contributed by atoms with van der Waals surface area (Å²) in [6.45, 7) is 9.71. The van der Waals surface area contributed by atoms with Crippen LogP contribution in [-0.2, 0) is 30.3 Å². The second-order valence-electron chi connectivity index (χ2n) is 10.6. The minimum atomic E-state index is -0.995. The Morgan fingerprint density at radius 2 is 1.84 bits per heavy atom. The van der Waals surface area contributed by atoms with Crippen molar-refractivity contribution in [3.8, 4) is 11.3 Å². The van der Waals surface area contributed by atoms with E-state index in [2.05, 4.69) is 15.6 Å². The molecule has 0 bridgehead atoms. The maximum Gasteiger partial charge on any atom is 0.410 e. The summed E-state index contributed by atoms with van der Waals surface area (Å²) in [6, 6.07) is 6.52. The fourth-order valence-electron chi connectivity index (χ4n) is 4.58. The molecule has 0 radical (unpaired) electrons. The Balaban J connectivity index is 1.70. The van der Waals surface area contributed by atoms with Crippen molar-refractivity contribution in [1.82, 2.24) is 25.2 Å². The third-order valence-corrected chi connectivity index (χ3v) is 6.54. The highest BCUT2D eigenvalue weighted by molar-refractivity contribution is 5.86. The molecule has 11 nitrogen and oxygen atoms in total. The Kier molecular flexibility index (Phi) is 9.48. The van der Waals surface area contributed by atoms with Gasteiger partial charge in [0.05, 0.1) is 37.9 Å². The fourth-order valence-corrected chi connectivity index (χ4v) is 4.58. The molecule has 11 heteroatoms. The van der Waals surface area contributed by atoms with E-state index in [1.54, 1.807) is 18.0 Å². The molecule has 2 heterocycles. The van der Waals surface area contributed by atoms with E-state index in [0.717, 1.165) is 17.5 Å². The minimum Gasteiger partial charge on any atom is -0.467 e. The summed E-state index contributed by atoms with van der Waals surface area (Å²) in [7, 11) is 2.78. The van der Waals surface area contributed by atoms with Crippen LogP contribution in [0.2, 0.25) is 0 Å². The number of carbonyl (C=O) groups is 3. The summed E-state index contributed by atoms with van der Waals surface area (Å²) >= 11 is 0. The molecule has 1 N–H and O–H groups in total. The summed E-state index contributed by atoms with van der Waals surface area (Å²) in [4.78, 5) is 40.3. The zero-order chi connectivity index (χ0) is 28.0. The van der Waals surface area contributed by atoms with Crippen LogP contribution in [0.1, 0.15) is 46.1 Å². The Morgan fingerprint density at radius 1 is 1.16 bits per heavy atom. The summed E-state index contributed by atoms with van der Waals surface area (Å²) in [5, 5.41) is 11.1. The van der Waals surface area contributed by atoms with Crippen LogP contribution >= 0.6 is 0 Å². The first kappa shape index (κ1) is 29.1. The van der Waals surface area contributed by atoms with E-state index >= 15 is 0 Å². The van der Waals surface area contributed by atoms with Gasteiger partial charge >= 0.3 is 12.1 Å². The van der Waals surface area contributed by atoms with Crippen molar-refractivity contribution >= 4 is 18.0 Å². The van der Waals surface area contributed by atoms with Gasteiger partial charge in [-0.05, 0) is 40.5 Å². The second kappa shape index (κ2) is 12.4. The summed E-state index contributed by atoms with van der Waals surface area (Å²) in [5.41, 5.74) is 2.04. The SMILES string of the molecule is COC(=O)[C@H](Cn1cc(-c2ccc(C)cc2)nn1)NC(=O)[C@H](C)[C@@H](OC)[C@@H]1CCCN1C(=O)OC(C)(C)C. The molecule has 2 aromatic rings. The number of hydrogen-bond acceptors (Lipinski definition) is 8. The van der Waals surface area contributed by atoms with Gasteiger partial charge in [0.1, 0.15) is 17.3 Å². The number of ether oxygens (including phenoxy) is 3. The van der Waals surface area contributed by atoms with Gasteiger partial charge in [-0.15, -0.1) is 5.10 Å². The van der Waals surface area contributed by atoms with Gasteiger partial charge in [-0.3, -0.25) is 4.79 Å². The molecular weight excluding hydrogens is 490 g/mol. The van der Waals surface area contributed by atoms with Gasteiger partial charge in [0.25, 0.3) is 0 Å². The monoisotopic (exact) mass is 529 g/mol. The first-order chi connectivity index (χ1) is 17.9. The van der Waals surface area contributed by atoms with E-state index < -0.39 is 41.6 Å². The minimum absolute atomic E-state index is 0.0368. The van der Waals surface area contributed by atoms with E-state index in [-0.39, 0.29) is 12.6 Å². The van der Waals surface area contributed by atoms with Gasteiger partial charge in [-0.2, -0.15) is 0 Å². The van der Waals surface area contributed by atoms with Crippen LogP contribution in [0.25, 0.3) is 11.3 Å². The zero-order valence-corrected chi connectivity index (χ0v) is 23.3. The normalized spacial score (nSPS) is 18.0. The number of aromatic nitrogens is 3. The number of hydrogen-bond donors (Lipinski definition) is 1. The number of nitrogens with one attached hydrogen (secondary N) is 1. The number of carbonyl (C=O) groups excluding carboxylic acids is 3. The molecule has 1 aliphatic rings. The van der Waals surface area contributed by atoms with Crippen LogP contribution in [0.3, 0.4) is 0 Å². The lowest BCUT2D eigenvalue weighted by Crippen LogP contribution is -2.53. The Hall–Kier alpha value is -3.47. The lowest BCUT2D eigenvalue weighted by atomic mass is 9.94. The van der Waals surface area contributed by atoms with Crippen molar-refractivity contribution in [2.24, 2.45) is 5.92 Å². The molecule has 0 aliphatic carbocycles. The Bertz CT molecular complexity index is 1110. The van der Waals surface area contributed by atoms with Crippen molar-refractivity contribution in [3.63, 3.8) is 0 Å². The molecule has 208 valence electrons. The number of rotatable bonds is 9. The number of amides is 2. The Labute approximate surface area is 223 Å². The summed E-state index contributed by atoms with van der Waals surface area (Å²) in [6.07, 6.45) is 2.14. The van der Waals surface area contributed by atoms with Gasteiger partial charge < -0.3 is 24.4 Å². The smallest absolute Gasteiger partial charge is 0.410 e. The van der Waals surface area contributed by atoms with Gasteiger partial charge in [0, 0.05) is 19.2 Å². The zero-order valence-electron chi connectivity index (χ0n) is 23.3. The van der Waals surface area contributed by atoms with Crippen LogP contribution in [0.4, 0.5) is 4.79 Å². The molecule has 1 saturated heterocycles. The van der Waals surface area contributed by atoms with E-state index in [1.165, 1.54) is 18.9 Å². The highest BCUT2D eigenvalue weighted by atomic mass is 16.6. The van der Waals surface area contributed by atoms with Gasteiger partial charge in [-0.1, -0.05) is 42.0 Å². The maximum atomic E-state index is 13.3. The number of aryl methyl sites for hydroxylation is 1. The molecule has 3 rings (SSSR count). The van der Waals surface area contributed by atoms with E-state index in [4.69, 9.17) is 14.2 Å².